The van der Waals surface area contributed by atoms with Crippen LogP contribution in [0.1, 0.15) is 5.56 Å². The highest BCUT2D eigenvalue weighted by molar-refractivity contribution is 6.35. The summed E-state index contributed by atoms with van der Waals surface area (Å²) in [6, 6.07) is 11.1. The predicted molar refractivity (Wildman–Crippen MR) is 66.6 cm³/mol. The minimum Gasteiger partial charge on any atom is -0.206 e. The van der Waals surface area contributed by atoms with Gasteiger partial charge in [-0.2, -0.15) is 5.26 Å². The molecule has 2 aromatic rings. The molecule has 4 heteroatoms. The molecule has 0 saturated carbocycles. The third kappa shape index (κ3) is 2.41. The van der Waals surface area contributed by atoms with Crippen molar-refractivity contribution in [3.05, 3.63) is 57.8 Å². The minimum absolute atomic E-state index is 0.00849. The van der Waals surface area contributed by atoms with Crippen LogP contribution in [0.15, 0.2) is 36.4 Å². The van der Waals surface area contributed by atoms with Crippen molar-refractivity contribution in [2.75, 3.05) is 0 Å². The van der Waals surface area contributed by atoms with Crippen LogP contribution in [0, 0.1) is 17.1 Å². The zero-order chi connectivity index (χ0) is 12.4. The maximum absolute atomic E-state index is 13.4. The van der Waals surface area contributed by atoms with E-state index in [1.54, 1.807) is 30.3 Å². The van der Waals surface area contributed by atoms with E-state index in [0.29, 0.717) is 21.2 Å². The topological polar surface area (TPSA) is 23.8 Å². The molecule has 0 radical (unpaired) electrons. The van der Waals surface area contributed by atoms with Gasteiger partial charge in [0.1, 0.15) is 11.9 Å². The van der Waals surface area contributed by atoms with Gasteiger partial charge >= 0.3 is 0 Å². The standard InChI is InChI=1S/C13H6Cl2FN/c14-9-4-8(5-10(15)6-9)11-2-1-3-13(16)12(11)7-17/h1-6H. The summed E-state index contributed by atoms with van der Waals surface area (Å²) in [4.78, 5) is 0. The van der Waals surface area contributed by atoms with Crippen LogP contribution in [-0.2, 0) is 0 Å². The molecule has 0 aliphatic rings. The molecule has 2 rings (SSSR count). The van der Waals surface area contributed by atoms with Crippen LogP contribution in [0.25, 0.3) is 11.1 Å². The number of hydrogen-bond donors (Lipinski definition) is 0. The predicted octanol–water partition coefficient (Wildman–Crippen LogP) is 4.67. The van der Waals surface area contributed by atoms with Gasteiger partial charge in [0.2, 0.25) is 0 Å². The Labute approximate surface area is 108 Å². The Morgan fingerprint density at radius 2 is 1.71 bits per heavy atom. The lowest BCUT2D eigenvalue weighted by atomic mass is 10.00. The number of rotatable bonds is 1. The zero-order valence-electron chi connectivity index (χ0n) is 8.55. The summed E-state index contributed by atoms with van der Waals surface area (Å²) in [6.45, 7) is 0. The average molecular weight is 266 g/mol. The molecule has 0 aliphatic heterocycles. The number of nitriles is 1. The lowest BCUT2D eigenvalue weighted by Crippen LogP contribution is -1.89. The summed E-state index contributed by atoms with van der Waals surface area (Å²) in [5.41, 5.74) is 1.10. The maximum atomic E-state index is 13.4. The monoisotopic (exact) mass is 265 g/mol. The van der Waals surface area contributed by atoms with E-state index in [1.807, 2.05) is 6.07 Å². The molecule has 1 nitrogen and oxygen atoms in total. The van der Waals surface area contributed by atoms with Gasteiger partial charge in [-0.05, 0) is 29.8 Å². The fourth-order valence-electron chi connectivity index (χ4n) is 1.59. The molecule has 0 aromatic heterocycles. The second-order valence-electron chi connectivity index (χ2n) is 3.43. The Bertz CT molecular complexity index is 597. The molecule has 0 saturated heterocycles. The lowest BCUT2D eigenvalue weighted by Gasteiger charge is -2.06. The molecule has 2 aromatic carbocycles. The Kier molecular flexibility index (Phi) is 3.33. The van der Waals surface area contributed by atoms with Gasteiger partial charge in [0.15, 0.2) is 0 Å². The Morgan fingerprint density at radius 1 is 1.06 bits per heavy atom. The van der Waals surface area contributed by atoms with Crippen molar-refractivity contribution in [2.45, 2.75) is 0 Å². The molecule has 0 fully saturated rings. The molecule has 0 N–H and O–H groups in total. The molecule has 0 bridgehead atoms. The van der Waals surface area contributed by atoms with E-state index in [9.17, 15) is 4.39 Å². The molecule has 0 atom stereocenters. The minimum atomic E-state index is -0.555. The SMILES string of the molecule is N#Cc1c(F)cccc1-c1cc(Cl)cc(Cl)c1. The van der Waals surface area contributed by atoms with E-state index < -0.39 is 5.82 Å². The summed E-state index contributed by atoms with van der Waals surface area (Å²) in [5, 5.41) is 9.83. The largest absolute Gasteiger partial charge is 0.206 e. The van der Waals surface area contributed by atoms with E-state index in [-0.39, 0.29) is 5.56 Å². The molecule has 0 heterocycles. The second-order valence-corrected chi connectivity index (χ2v) is 4.31. The fourth-order valence-corrected chi connectivity index (χ4v) is 2.11. The van der Waals surface area contributed by atoms with Crippen LogP contribution >= 0.6 is 23.2 Å². The number of nitrogens with zero attached hydrogens (tertiary/aromatic N) is 1. The van der Waals surface area contributed by atoms with Gasteiger partial charge in [-0.15, -0.1) is 0 Å². The van der Waals surface area contributed by atoms with Gasteiger partial charge in [-0.25, -0.2) is 4.39 Å². The van der Waals surface area contributed by atoms with Crippen molar-refractivity contribution in [2.24, 2.45) is 0 Å². The van der Waals surface area contributed by atoms with Crippen molar-refractivity contribution >= 4 is 23.2 Å². The summed E-state index contributed by atoms with van der Waals surface area (Å²) in [5.74, 6) is -0.555. The van der Waals surface area contributed by atoms with Gasteiger partial charge in [0.25, 0.3) is 0 Å². The van der Waals surface area contributed by atoms with Crippen molar-refractivity contribution in [1.82, 2.24) is 0 Å². The summed E-state index contributed by atoms with van der Waals surface area (Å²) < 4.78 is 13.4. The smallest absolute Gasteiger partial charge is 0.141 e. The highest BCUT2D eigenvalue weighted by Gasteiger charge is 2.10. The number of halogens is 3. The first-order valence-electron chi connectivity index (χ1n) is 4.77. The van der Waals surface area contributed by atoms with Crippen molar-refractivity contribution in [3.63, 3.8) is 0 Å². The zero-order valence-corrected chi connectivity index (χ0v) is 10.1. The molecule has 0 aliphatic carbocycles. The fraction of sp³-hybridized carbons (Fsp3) is 0. The van der Waals surface area contributed by atoms with Gasteiger partial charge < -0.3 is 0 Å². The van der Waals surface area contributed by atoms with Crippen molar-refractivity contribution in [3.8, 4) is 17.2 Å². The quantitative estimate of drug-likeness (QED) is 0.735. The average Bonchev–Trinajstić information content (AvgIpc) is 2.27. The first kappa shape index (κ1) is 11.9. The van der Waals surface area contributed by atoms with Crippen LogP contribution in [0.3, 0.4) is 0 Å². The first-order valence-corrected chi connectivity index (χ1v) is 5.52. The molecular formula is C13H6Cl2FN. The molecule has 17 heavy (non-hydrogen) atoms. The van der Waals surface area contributed by atoms with Crippen LogP contribution in [0.2, 0.25) is 10.0 Å². The van der Waals surface area contributed by atoms with E-state index in [0.717, 1.165) is 0 Å². The Balaban J connectivity index is 2.69. The normalized spacial score (nSPS) is 10.0. The van der Waals surface area contributed by atoms with Gasteiger partial charge in [-0.1, -0.05) is 35.3 Å². The third-order valence-electron chi connectivity index (χ3n) is 2.30. The van der Waals surface area contributed by atoms with Gasteiger partial charge in [0, 0.05) is 15.6 Å². The number of hydrogen-bond acceptors (Lipinski definition) is 1. The second kappa shape index (κ2) is 4.75. The molecule has 84 valence electrons. The van der Waals surface area contributed by atoms with Crippen molar-refractivity contribution in [1.29, 1.82) is 5.26 Å². The summed E-state index contributed by atoms with van der Waals surface area (Å²) in [6.07, 6.45) is 0. The third-order valence-corrected chi connectivity index (χ3v) is 2.74. The molecule has 0 unspecified atom stereocenters. The van der Waals surface area contributed by atoms with Gasteiger partial charge in [0.05, 0.1) is 5.56 Å². The highest BCUT2D eigenvalue weighted by atomic mass is 35.5. The number of benzene rings is 2. The van der Waals surface area contributed by atoms with E-state index in [1.165, 1.54) is 6.07 Å². The summed E-state index contributed by atoms with van der Waals surface area (Å²) >= 11 is 11.7. The van der Waals surface area contributed by atoms with E-state index in [2.05, 4.69) is 0 Å². The van der Waals surface area contributed by atoms with Crippen molar-refractivity contribution < 1.29 is 4.39 Å². The Morgan fingerprint density at radius 3 is 2.29 bits per heavy atom. The van der Waals surface area contributed by atoms with Crippen LogP contribution < -0.4 is 0 Å². The van der Waals surface area contributed by atoms with Crippen LogP contribution in [0.5, 0.6) is 0 Å². The molecule has 0 amide bonds. The van der Waals surface area contributed by atoms with E-state index in [4.69, 9.17) is 28.5 Å². The lowest BCUT2D eigenvalue weighted by molar-refractivity contribution is 0.624. The van der Waals surface area contributed by atoms with Crippen LogP contribution in [-0.4, -0.2) is 0 Å². The molecule has 0 spiro atoms. The van der Waals surface area contributed by atoms with Gasteiger partial charge in [-0.3, -0.25) is 0 Å². The molecular weight excluding hydrogens is 260 g/mol. The summed E-state index contributed by atoms with van der Waals surface area (Å²) in [7, 11) is 0. The maximum Gasteiger partial charge on any atom is 0.141 e. The van der Waals surface area contributed by atoms with E-state index >= 15 is 0 Å². The first-order chi connectivity index (χ1) is 8.11. The highest BCUT2D eigenvalue weighted by Crippen LogP contribution is 2.30. The van der Waals surface area contributed by atoms with Crippen LogP contribution in [0.4, 0.5) is 4.39 Å². The Hall–Kier alpha value is -1.56.